The second kappa shape index (κ2) is 10.0. The fourth-order valence-corrected chi connectivity index (χ4v) is 5.28. The molecule has 156 valence electrons. The van der Waals surface area contributed by atoms with Crippen molar-refractivity contribution < 1.29 is 13.2 Å². The minimum Gasteiger partial charge on any atom is -0.352 e. The lowest BCUT2D eigenvalue weighted by Crippen LogP contribution is -2.52. The molecule has 1 amide bonds. The number of rotatable bonds is 7. The van der Waals surface area contributed by atoms with Crippen LogP contribution in [0.3, 0.4) is 0 Å². The van der Waals surface area contributed by atoms with E-state index in [-0.39, 0.29) is 16.8 Å². The summed E-state index contributed by atoms with van der Waals surface area (Å²) in [6.07, 6.45) is 4.60. The Kier molecular flexibility index (Phi) is 7.70. The number of amides is 1. The van der Waals surface area contributed by atoms with Crippen molar-refractivity contribution in [3.63, 3.8) is 0 Å². The lowest BCUT2D eigenvalue weighted by molar-refractivity contribution is -0.124. The van der Waals surface area contributed by atoms with Gasteiger partial charge in [-0.2, -0.15) is 4.72 Å². The number of hydrogen-bond acceptors (Lipinski definition) is 3. The molecule has 0 spiro atoms. The number of nitrogens with one attached hydrogen (secondary N) is 2. The number of sulfonamides is 1. The van der Waals surface area contributed by atoms with Gasteiger partial charge in [-0.1, -0.05) is 50.1 Å². The van der Waals surface area contributed by atoms with E-state index >= 15 is 0 Å². The van der Waals surface area contributed by atoms with Gasteiger partial charge in [-0.3, -0.25) is 4.79 Å². The number of halogens is 1. The second-order valence-corrected chi connectivity index (χ2v) is 10.7. The van der Waals surface area contributed by atoms with E-state index in [0.717, 1.165) is 28.4 Å². The van der Waals surface area contributed by atoms with Gasteiger partial charge < -0.3 is 5.32 Å². The Morgan fingerprint density at radius 3 is 2.38 bits per heavy atom. The monoisotopic (exact) mass is 526 g/mol. The molecule has 2 N–H and O–H groups in total. The van der Waals surface area contributed by atoms with Crippen molar-refractivity contribution in [2.75, 3.05) is 0 Å². The van der Waals surface area contributed by atoms with Crippen molar-refractivity contribution in [3.05, 3.63) is 63.7 Å². The van der Waals surface area contributed by atoms with Crippen molar-refractivity contribution in [3.8, 4) is 0 Å². The van der Waals surface area contributed by atoms with Crippen LogP contribution in [0.4, 0.5) is 0 Å². The fraction of sp³-hybridized carbons (Fsp3) is 0.409. The van der Waals surface area contributed by atoms with Gasteiger partial charge in [-0.15, -0.1) is 0 Å². The van der Waals surface area contributed by atoms with Gasteiger partial charge in [0.25, 0.3) is 0 Å². The van der Waals surface area contributed by atoms with E-state index in [4.69, 9.17) is 0 Å². The maximum absolute atomic E-state index is 13.1. The van der Waals surface area contributed by atoms with E-state index in [9.17, 15) is 13.2 Å². The summed E-state index contributed by atoms with van der Waals surface area (Å²) < 4.78 is 29.4. The predicted molar refractivity (Wildman–Crippen MR) is 123 cm³/mol. The SMILES string of the molecule is C[C@H]1CCCC[C@H]1NC(=O)[C@H](Cc1ccccc1)NS(=O)(=O)c1ccc(I)cc1. The third kappa shape index (κ3) is 6.26. The molecule has 1 aliphatic rings. The highest BCUT2D eigenvalue weighted by molar-refractivity contribution is 14.1. The average molecular weight is 526 g/mol. The van der Waals surface area contributed by atoms with Crippen molar-refractivity contribution in [2.45, 2.75) is 56.0 Å². The molecule has 0 aliphatic heterocycles. The van der Waals surface area contributed by atoms with Crippen LogP contribution in [0.2, 0.25) is 0 Å². The van der Waals surface area contributed by atoms with Gasteiger partial charge in [-0.25, -0.2) is 8.42 Å². The standard InChI is InChI=1S/C22H27IN2O3S/c1-16-7-5-6-10-20(16)24-22(26)21(15-17-8-3-2-4-9-17)25-29(27,28)19-13-11-18(23)12-14-19/h2-4,8-9,11-14,16,20-21,25H,5-7,10,15H2,1H3,(H,24,26)/t16-,20+,21-/m0/s1. The topological polar surface area (TPSA) is 75.3 Å². The Morgan fingerprint density at radius 1 is 1.07 bits per heavy atom. The first kappa shape index (κ1) is 22.2. The Hall–Kier alpha value is -1.45. The fourth-order valence-electron chi connectivity index (χ4n) is 3.72. The summed E-state index contributed by atoms with van der Waals surface area (Å²) >= 11 is 2.13. The van der Waals surface area contributed by atoms with Crippen molar-refractivity contribution in [1.82, 2.24) is 10.0 Å². The van der Waals surface area contributed by atoms with Gasteiger partial charge in [-0.05, 0) is 77.6 Å². The van der Waals surface area contributed by atoms with Crippen LogP contribution in [0.5, 0.6) is 0 Å². The van der Waals surface area contributed by atoms with Gasteiger partial charge >= 0.3 is 0 Å². The molecule has 29 heavy (non-hydrogen) atoms. The van der Waals surface area contributed by atoms with Crippen molar-refractivity contribution in [1.29, 1.82) is 0 Å². The predicted octanol–water partition coefficient (Wildman–Crippen LogP) is 3.88. The highest BCUT2D eigenvalue weighted by atomic mass is 127. The van der Waals surface area contributed by atoms with Crippen LogP contribution in [0, 0.1) is 9.49 Å². The van der Waals surface area contributed by atoms with E-state index in [2.05, 4.69) is 39.6 Å². The number of carbonyl (C=O) groups excluding carboxylic acids is 1. The molecule has 1 aliphatic carbocycles. The smallest absolute Gasteiger partial charge is 0.241 e. The van der Waals surface area contributed by atoms with E-state index < -0.39 is 16.1 Å². The maximum Gasteiger partial charge on any atom is 0.241 e. The summed E-state index contributed by atoms with van der Waals surface area (Å²) in [5.41, 5.74) is 0.912. The molecule has 3 rings (SSSR count). The molecule has 2 aromatic rings. The Bertz CT molecular complexity index is 917. The molecule has 5 nitrogen and oxygen atoms in total. The number of carbonyl (C=O) groups is 1. The summed E-state index contributed by atoms with van der Waals surface area (Å²) in [6, 6.07) is 15.3. The summed E-state index contributed by atoms with van der Waals surface area (Å²) in [5, 5.41) is 3.11. The van der Waals surface area contributed by atoms with Crippen LogP contribution in [-0.4, -0.2) is 26.4 Å². The van der Waals surface area contributed by atoms with E-state index in [0.29, 0.717) is 12.3 Å². The molecule has 2 aromatic carbocycles. The minimum atomic E-state index is -3.81. The maximum atomic E-state index is 13.1. The van der Waals surface area contributed by atoms with E-state index in [1.165, 1.54) is 6.42 Å². The minimum absolute atomic E-state index is 0.0948. The zero-order chi connectivity index (χ0) is 20.9. The number of benzene rings is 2. The van der Waals surface area contributed by atoms with E-state index in [1.54, 1.807) is 24.3 Å². The highest BCUT2D eigenvalue weighted by Crippen LogP contribution is 2.24. The van der Waals surface area contributed by atoms with Gasteiger partial charge in [0.2, 0.25) is 15.9 Å². The summed E-state index contributed by atoms with van der Waals surface area (Å²) in [7, 11) is -3.81. The molecular weight excluding hydrogens is 499 g/mol. The molecule has 0 bridgehead atoms. The normalized spacial score (nSPS) is 20.8. The van der Waals surface area contributed by atoms with Crippen LogP contribution in [0.15, 0.2) is 59.5 Å². The molecule has 1 fully saturated rings. The highest BCUT2D eigenvalue weighted by Gasteiger charge is 2.30. The van der Waals surface area contributed by atoms with Gasteiger partial charge in [0.15, 0.2) is 0 Å². The van der Waals surface area contributed by atoms with Crippen LogP contribution in [-0.2, 0) is 21.2 Å². The molecule has 0 radical (unpaired) electrons. The van der Waals surface area contributed by atoms with Gasteiger partial charge in [0, 0.05) is 9.61 Å². The molecule has 0 saturated heterocycles. The largest absolute Gasteiger partial charge is 0.352 e. The summed E-state index contributed by atoms with van der Waals surface area (Å²) in [4.78, 5) is 13.2. The third-order valence-electron chi connectivity index (χ3n) is 5.46. The zero-order valence-corrected chi connectivity index (χ0v) is 19.4. The van der Waals surface area contributed by atoms with Crippen molar-refractivity contribution >= 4 is 38.5 Å². The first-order valence-electron chi connectivity index (χ1n) is 9.97. The van der Waals surface area contributed by atoms with Gasteiger partial charge in [0.1, 0.15) is 6.04 Å². The summed E-state index contributed by atoms with van der Waals surface area (Å²) in [6.45, 7) is 2.14. The molecule has 0 unspecified atom stereocenters. The molecule has 3 atom stereocenters. The van der Waals surface area contributed by atoms with Crippen LogP contribution in [0.25, 0.3) is 0 Å². The molecule has 1 saturated carbocycles. The first-order valence-corrected chi connectivity index (χ1v) is 12.5. The Balaban J connectivity index is 1.80. The average Bonchev–Trinajstić information content (AvgIpc) is 2.70. The van der Waals surface area contributed by atoms with Gasteiger partial charge in [0.05, 0.1) is 4.90 Å². The molecule has 0 aromatic heterocycles. The zero-order valence-electron chi connectivity index (χ0n) is 16.5. The molecular formula is C22H27IN2O3S. The second-order valence-electron chi connectivity index (χ2n) is 7.69. The summed E-state index contributed by atoms with van der Waals surface area (Å²) in [5.74, 6) is 0.138. The quantitative estimate of drug-likeness (QED) is 0.538. The Morgan fingerprint density at radius 2 is 1.72 bits per heavy atom. The van der Waals surface area contributed by atoms with E-state index in [1.807, 2.05) is 30.3 Å². The Labute approximate surface area is 186 Å². The lowest BCUT2D eigenvalue weighted by Gasteiger charge is -2.31. The third-order valence-corrected chi connectivity index (χ3v) is 7.67. The molecule has 7 heteroatoms. The number of hydrogen-bond donors (Lipinski definition) is 2. The van der Waals surface area contributed by atoms with Crippen molar-refractivity contribution in [2.24, 2.45) is 5.92 Å². The van der Waals surface area contributed by atoms with Crippen LogP contribution in [0.1, 0.15) is 38.2 Å². The van der Waals surface area contributed by atoms with Crippen LogP contribution >= 0.6 is 22.6 Å². The lowest BCUT2D eigenvalue weighted by atomic mass is 9.86. The van der Waals surface area contributed by atoms with Crippen LogP contribution < -0.4 is 10.0 Å². The first-order chi connectivity index (χ1) is 13.8. The molecule has 0 heterocycles.